The van der Waals surface area contributed by atoms with Gasteiger partial charge in [0, 0.05) is 5.56 Å². The zero-order valence-corrected chi connectivity index (χ0v) is 16.7. The van der Waals surface area contributed by atoms with Crippen LogP contribution in [-0.4, -0.2) is 39.1 Å². The zero-order valence-electron chi connectivity index (χ0n) is 16.7. The fourth-order valence-electron chi connectivity index (χ4n) is 2.46. The molecule has 7 nitrogen and oxygen atoms in total. The third kappa shape index (κ3) is 5.64. The lowest BCUT2D eigenvalue weighted by atomic mass is 10.2. The Morgan fingerprint density at radius 3 is 2.14 bits per heavy atom. The predicted molar refractivity (Wildman–Crippen MR) is 108 cm³/mol. The Kier molecular flexibility index (Phi) is 8.14. The second kappa shape index (κ2) is 10.8. The largest absolute Gasteiger partial charge is 0.493 e. The van der Waals surface area contributed by atoms with E-state index in [9.17, 15) is 4.79 Å². The predicted octanol–water partition coefficient (Wildman–Crippen LogP) is 3.66. The molecule has 0 radical (unpaired) electrons. The van der Waals surface area contributed by atoms with Gasteiger partial charge in [0.25, 0.3) is 5.91 Å². The van der Waals surface area contributed by atoms with Gasteiger partial charge in [-0.1, -0.05) is 0 Å². The molecule has 28 heavy (non-hydrogen) atoms. The number of benzene rings is 2. The lowest BCUT2D eigenvalue weighted by Crippen LogP contribution is -2.17. The Bertz CT molecular complexity index is 820. The third-order valence-corrected chi connectivity index (χ3v) is 3.67. The third-order valence-electron chi connectivity index (χ3n) is 3.67. The molecule has 2 aromatic carbocycles. The molecule has 0 heterocycles. The number of nitrogens with zero attached hydrogens (tertiary/aromatic N) is 1. The Balaban J connectivity index is 2.08. The summed E-state index contributed by atoms with van der Waals surface area (Å²) in [4.78, 5) is 12.3. The highest BCUT2D eigenvalue weighted by Gasteiger charge is 2.11. The van der Waals surface area contributed by atoms with Gasteiger partial charge in [0.15, 0.2) is 23.0 Å². The van der Waals surface area contributed by atoms with Crippen LogP contribution >= 0.6 is 0 Å². The van der Waals surface area contributed by atoms with Crippen molar-refractivity contribution < 1.29 is 23.7 Å². The lowest BCUT2D eigenvalue weighted by Gasteiger charge is -2.11. The number of ether oxygens (including phenoxy) is 4. The highest BCUT2D eigenvalue weighted by Crippen LogP contribution is 2.29. The van der Waals surface area contributed by atoms with Crippen LogP contribution in [0, 0.1) is 0 Å². The monoisotopic (exact) mass is 386 g/mol. The summed E-state index contributed by atoms with van der Waals surface area (Å²) in [5, 5.41) is 4.02. The van der Waals surface area contributed by atoms with E-state index in [4.69, 9.17) is 18.9 Å². The first-order chi connectivity index (χ1) is 13.6. The van der Waals surface area contributed by atoms with Crippen molar-refractivity contribution in [3.63, 3.8) is 0 Å². The summed E-state index contributed by atoms with van der Waals surface area (Å²) in [5.41, 5.74) is 3.70. The van der Waals surface area contributed by atoms with E-state index in [1.807, 2.05) is 39.0 Å². The summed E-state index contributed by atoms with van der Waals surface area (Å²) in [6.07, 6.45) is 1.54. The highest BCUT2D eigenvalue weighted by molar-refractivity contribution is 5.95. The van der Waals surface area contributed by atoms with Crippen molar-refractivity contribution in [1.82, 2.24) is 5.43 Å². The van der Waals surface area contributed by atoms with Crippen molar-refractivity contribution in [3.05, 3.63) is 47.5 Å². The Hall–Kier alpha value is -3.22. The van der Waals surface area contributed by atoms with Crippen molar-refractivity contribution in [2.24, 2.45) is 5.10 Å². The van der Waals surface area contributed by atoms with Crippen molar-refractivity contribution in [3.8, 4) is 23.0 Å². The standard InChI is InChI=1S/C21H26N2O5/c1-5-26-18-10-8-15(12-19(18)27-6-2)14-22-23-21(24)16-9-11-17(25-4)20(13-16)28-7-3/h8-14H,5-7H2,1-4H3,(H,23,24)/b22-14+. The number of amides is 1. The van der Waals surface area contributed by atoms with Gasteiger partial charge in [-0.3, -0.25) is 4.79 Å². The van der Waals surface area contributed by atoms with Crippen LogP contribution in [0.5, 0.6) is 23.0 Å². The van der Waals surface area contributed by atoms with Gasteiger partial charge >= 0.3 is 0 Å². The molecule has 0 fully saturated rings. The van der Waals surface area contributed by atoms with E-state index >= 15 is 0 Å². The van der Waals surface area contributed by atoms with E-state index < -0.39 is 0 Å². The van der Waals surface area contributed by atoms with Gasteiger partial charge in [-0.2, -0.15) is 5.10 Å². The van der Waals surface area contributed by atoms with Gasteiger partial charge < -0.3 is 18.9 Å². The first kappa shape index (κ1) is 21.1. The summed E-state index contributed by atoms with van der Waals surface area (Å²) in [6.45, 7) is 7.23. The molecule has 1 N–H and O–H groups in total. The van der Waals surface area contributed by atoms with Crippen LogP contribution < -0.4 is 24.4 Å². The maximum Gasteiger partial charge on any atom is 0.271 e. The van der Waals surface area contributed by atoms with Gasteiger partial charge in [-0.25, -0.2) is 5.43 Å². The quantitative estimate of drug-likeness (QED) is 0.498. The van der Waals surface area contributed by atoms with E-state index in [1.165, 1.54) is 0 Å². The van der Waals surface area contributed by atoms with Crippen molar-refractivity contribution in [2.75, 3.05) is 26.9 Å². The van der Waals surface area contributed by atoms with Crippen LogP contribution in [0.15, 0.2) is 41.5 Å². The molecule has 0 atom stereocenters. The molecule has 0 aliphatic heterocycles. The van der Waals surface area contributed by atoms with Crippen LogP contribution in [0.1, 0.15) is 36.7 Å². The molecule has 0 aliphatic rings. The van der Waals surface area contributed by atoms with Gasteiger partial charge in [-0.05, 0) is 62.7 Å². The smallest absolute Gasteiger partial charge is 0.271 e. The number of carbonyl (C=O) groups is 1. The number of carbonyl (C=O) groups excluding carboxylic acids is 1. The van der Waals surface area contributed by atoms with E-state index in [1.54, 1.807) is 31.5 Å². The van der Waals surface area contributed by atoms with Crippen molar-refractivity contribution in [1.29, 1.82) is 0 Å². The second-order valence-corrected chi connectivity index (χ2v) is 5.57. The van der Waals surface area contributed by atoms with Crippen LogP contribution in [0.3, 0.4) is 0 Å². The zero-order chi connectivity index (χ0) is 20.4. The van der Waals surface area contributed by atoms with E-state index in [-0.39, 0.29) is 5.91 Å². The fourth-order valence-corrected chi connectivity index (χ4v) is 2.46. The van der Waals surface area contributed by atoms with Crippen LogP contribution in [0.2, 0.25) is 0 Å². The number of nitrogens with one attached hydrogen (secondary N) is 1. The molecule has 1 amide bonds. The van der Waals surface area contributed by atoms with Crippen molar-refractivity contribution in [2.45, 2.75) is 20.8 Å². The fraction of sp³-hybridized carbons (Fsp3) is 0.333. The topological polar surface area (TPSA) is 78.4 Å². The first-order valence-electron chi connectivity index (χ1n) is 9.16. The summed E-state index contributed by atoms with van der Waals surface area (Å²) < 4.78 is 21.8. The Morgan fingerprint density at radius 2 is 1.50 bits per heavy atom. The average molecular weight is 386 g/mol. The molecule has 2 rings (SSSR count). The molecule has 0 saturated carbocycles. The summed E-state index contributed by atoms with van der Waals surface area (Å²) in [7, 11) is 1.55. The molecule has 0 spiro atoms. The molecule has 0 unspecified atom stereocenters. The molecule has 0 saturated heterocycles. The number of hydrogen-bond acceptors (Lipinski definition) is 6. The molecule has 150 valence electrons. The molecule has 7 heteroatoms. The molecule has 0 aliphatic carbocycles. The number of hydrazone groups is 1. The average Bonchev–Trinajstić information content (AvgIpc) is 2.70. The Labute approximate surface area is 165 Å². The SMILES string of the molecule is CCOc1cc(C(=O)N/N=C/c2ccc(OCC)c(OCC)c2)ccc1OC. The molecular weight excluding hydrogens is 360 g/mol. The summed E-state index contributed by atoms with van der Waals surface area (Å²) >= 11 is 0. The molecule has 2 aromatic rings. The molecule has 0 aromatic heterocycles. The van der Waals surface area contributed by atoms with Crippen molar-refractivity contribution >= 4 is 12.1 Å². The Morgan fingerprint density at radius 1 is 0.893 bits per heavy atom. The molecule has 0 bridgehead atoms. The lowest BCUT2D eigenvalue weighted by molar-refractivity contribution is 0.0954. The molecular formula is C21H26N2O5. The highest BCUT2D eigenvalue weighted by atomic mass is 16.5. The normalized spacial score (nSPS) is 10.6. The van der Waals surface area contributed by atoms with Gasteiger partial charge in [-0.15, -0.1) is 0 Å². The second-order valence-electron chi connectivity index (χ2n) is 5.57. The number of methoxy groups -OCH3 is 1. The van der Waals surface area contributed by atoms with Crippen LogP contribution in [-0.2, 0) is 0 Å². The first-order valence-corrected chi connectivity index (χ1v) is 9.16. The number of rotatable bonds is 10. The van der Waals surface area contributed by atoms with Crippen LogP contribution in [0.4, 0.5) is 0 Å². The minimum Gasteiger partial charge on any atom is -0.493 e. The van der Waals surface area contributed by atoms with Crippen LogP contribution in [0.25, 0.3) is 0 Å². The van der Waals surface area contributed by atoms with Gasteiger partial charge in [0.1, 0.15) is 0 Å². The van der Waals surface area contributed by atoms with E-state index in [2.05, 4.69) is 10.5 Å². The summed E-state index contributed by atoms with van der Waals surface area (Å²) in [5.74, 6) is 2.04. The maximum atomic E-state index is 12.3. The summed E-state index contributed by atoms with van der Waals surface area (Å²) in [6, 6.07) is 10.4. The maximum absolute atomic E-state index is 12.3. The van der Waals surface area contributed by atoms with E-state index in [0.717, 1.165) is 5.56 Å². The minimum absolute atomic E-state index is 0.351. The van der Waals surface area contributed by atoms with Gasteiger partial charge in [0.05, 0.1) is 33.1 Å². The number of hydrogen-bond donors (Lipinski definition) is 1. The minimum atomic E-state index is -0.351. The van der Waals surface area contributed by atoms with Gasteiger partial charge in [0.2, 0.25) is 0 Å². The van der Waals surface area contributed by atoms with E-state index in [0.29, 0.717) is 48.4 Å².